The lowest BCUT2D eigenvalue weighted by Crippen LogP contribution is -2.49. The van der Waals surface area contributed by atoms with Crippen LogP contribution in [0.4, 0.5) is 9.18 Å². The number of amides is 1. The third-order valence-corrected chi connectivity index (χ3v) is 4.16. The highest BCUT2D eigenvalue weighted by molar-refractivity contribution is 6.30. The van der Waals surface area contributed by atoms with Crippen molar-refractivity contribution >= 4 is 18.0 Å². The summed E-state index contributed by atoms with van der Waals surface area (Å²) >= 11 is 0. The number of hydrogen-bond acceptors (Lipinski definition) is 7. The van der Waals surface area contributed by atoms with E-state index in [1.165, 1.54) is 0 Å². The molecule has 0 spiro atoms. The summed E-state index contributed by atoms with van der Waals surface area (Å²) < 4.78 is 24.6. The molecule has 2 aliphatic heterocycles. The molecule has 8 nitrogen and oxygen atoms in total. The molecular weight excluding hydrogens is 311 g/mol. The summed E-state index contributed by atoms with van der Waals surface area (Å²) in [5.74, 6) is -3.03. The number of hydrogen-bond donors (Lipinski definition) is 1. The van der Waals surface area contributed by atoms with Gasteiger partial charge in [0.25, 0.3) is 0 Å². The highest BCUT2D eigenvalue weighted by Crippen LogP contribution is 2.49. The molecule has 0 aromatic heterocycles. The van der Waals surface area contributed by atoms with E-state index in [2.05, 4.69) is 5.32 Å². The van der Waals surface area contributed by atoms with E-state index in [1.807, 2.05) is 0 Å². The Morgan fingerprint density at radius 3 is 2.57 bits per heavy atom. The van der Waals surface area contributed by atoms with Crippen molar-refractivity contribution in [3.63, 3.8) is 0 Å². The number of carbonyl (C=O) groups is 3. The molecule has 9 heteroatoms. The molecule has 1 saturated carbocycles. The van der Waals surface area contributed by atoms with E-state index >= 15 is 0 Å². The largest absolute Gasteiger partial charge is 0.444 e. The Bertz CT molecular complexity index is 556. The SMILES string of the molecule is CC(C)(C)OC(=O)NC1([C@H]2CN3OC(=O)C(=O)OC3[C@H]2F)CC1. The van der Waals surface area contributed by atoms with Gasteiger partial charge in [0.15, 0.2) is 6.17 Å². The fourth-order valence-corrected chi connectivity index (χ4v) is 2.98. The lowest BCUT2D eigenvalue weighted by atomic mass is 9.94. The topological polar surface area (TPSA) is 94.2 Å². The lowest BCUT2D eigenvalue weighted by molar-refractivity contribution is -0.259. The number of halogens is 1. The number of alkyl carbamates (subject to hydrolysis) is 1. The van der Waals surface area contributed by atoms with Crippen molar-refractivity contribution in [2.24, 2.45) is 5.92 Å². The maximum Gasteiger partial charge on any atom is 0.436 e. The summed E-state index contributed by atoms with van der Waals surface area (Å²) in [5.41, 5.74) is -1.43. The number of fused-ring (bicyclic) bond motifs is 1. The van der Waals surface area contributed by atoms with Crippen LogP contribution in [0.3, 0.4) is 0 Å². The van der Waals surface area contributed by atoms with Crippen molar-refractivity contribution in [3.8, 4) is 0 Å². The normalized spacial score (nSPS) is 32.6. The Labute approximate surface area is 132 Å². The summed E-state index contributed by atoms with van der Waals surface area (Å²) in [5, 5.41) is 3.74. The van der Waals surface area contributed by atoms with Crippen LogP contribution in [0.1, 0.15) is 33.6 Å². The number of nitrogens with one attached hydrogen (secondary N) is 1. The van der Waals surface area contributed by atoms with Gasteiger partial charge in [-0.15, -0.1) is 0 Å². The van der Waals surface area contributed by atoms with Crippen LogP contribution in [0, 0.1) is 5.92 Å². The second-order valence-electron chi connectivity index (χ2n) is 7.11. The molecule has 0 aromatic carbocycles. The third kappa shape index (κ3) is 2.97. The number of nitrogens with zero attached hydrogens (tertiary/aromatic N) is 1. The van der Waals surface area contributed by atoms with E-state index < -0.39 is 47.5 Å². The fraction of sp³-hybridized carbons (Fsp3) is 0.786. The third-order valence-electron chi connectivity index (χ3n) is 4.16. The first kappa shape index (κ1) is 16.0. The van der Waals surface area contributed by atoms with E-state index in [1.54, 1.807) is 20.8 Å². The van der Waals surface area contributed by atoms with Gasteiger partial charge in [-0.2, -0.15) is 0 Å². The highest BCUT2D eigenvalue weighted by Gasteiger charge is 2.63. The Balaban J connectivity index is 1.69. The van der Waals surface area contributed by atoms with Crippen LogP contribution in [-0.4, -0.2) is 53.2 Å². The second-order valence-corrected chi connectivity index (χ2v) is 7.11. The summed E-state index contributed by atoms with van der Waals surface area (Å²) in [6.07, 6.45) is -2.28. The predicted molar refractivity (Wildman–Crippen MR) is 72.4 cm³/mol. The van der Waals surface area contributed by atoms with E-state index in [0.717, 1.165) is 5.06 Å². The Morgan fingerprint density at radius 2 is 2.00 bits per heavy atom. The van der Waals surface area contributed by atoms with Crippen molar-refractivity contribution in [1.82, 2.24) is 10.4 Å². The molecule has 2 saturated heterocycles. The molecule has 0 aromatic rings. The zero-order valence-corrected chi connectivity index (χ0v) is 13.1. The summed E-state index contributed by atoms with van der Waals surface area (Å²) in [7, 11) is 0. The molecule has 3 fully saturated rings. The van der Waals surface area contributed by atoms with Crippen molar-refractivity contribution in [1.29, 1.82) is 0 Å². The number of rotatable bonds is 2. The average molecular weight is 330 g/mol. The van der Waals surface area contributed by atoms with Crippen LogP contribution < -0.4 is 5.32 Å². The zero-order valence-electron chi connectivity index (χ0n) is 13.1. The Hall–Kier alpha value is -1.90. The quantitative estimate of drug-likeness (QED) is 0.587. The zero-order chi connectivity index (χ0) is 17.0. The molecule has 128 valence electrons. The van der Waals surface area contributed by atoms with Crippen LogP contribution in [0.2, 0.25) is 0 Å². The average Bonchev–Trinajstić information content (AvgIpc) is 3.09. The highest BCUT2D eigenvalue weighted by atomic mass is 19.1. The van der Waals surface area contributed by atoms with E-state index in [4.69, 9.17) is 14.3 Å². The number of carbonyl (C=O) groups excluding carboxylic acids is 3. The van der Waals surface area contributed by atoms with Gasteiger partial charge in [0.2, 0.25) is 6.23 Å². The second kappa shape index (κ2) is 5.05. The molecule has 0 bridgehead atoms. The van der Waals surface area contributed by atoms with E-state index in [0.29, 0.717) is 12.8 Å². The van der Waals surface area contributed by atoms with Gasteiger partial charge in [-0.3, -0.25) is 0 Å². The van der Waals surface area contributed by atoms with Crippen LogP contribution in [0.15, 0.2) is 0 Å². The van der Waals surface area contributed by atoms with Crippen molar-refractivity contribution in [2.75, 3.05) is 6.54 Å². The lowest BCUT2D eigenvalue weighted by Gasteiger charge is -2.28. The monoisotopic (exact) mass is 330 g/mol. The number of esters is 1. The van der Waals surface area contributed by atoms with Crippen molar-refractivity contribution in [2.45, 2.75) is 57.2 Å². The first-order valence-electron chi connectivity index (χ1n) is 7.46. The van der Waals surface area contributed by atoms with Gasteiger partial charge in [-0.1, -0.05) is 5.06 Å². The smallest absolute Gasteiger partial charge is 0.436 e. The molecule has 1 N–H and O–H groups in total. The number of ether oxygens (including phenoxy) is 2. The minimum Gasteiger partial charge on any atom is -0.444 e. The molecule has 23 heavy (non-hydrogen) atoms. The van der Waals surface area contributed by atoms with E-state index in [-0.39, 0.29) is 6.54 Å². The summed E-state index contributed by atoms with van der Waals surface area (Å²) in [6.45, 7) is 5.25. The van der Waals surface area contributed by atoms with Crippen LogP contribution in [-0.2, 0) is 23.9 Å². The molecule has 3 aliphatic rings. The maximum absolute atomic E-state index is 14.6. The van der Waals surface area contributed by atoms with Gasteiger partial charge in [0.1, 0.15) is 5.60 Å². The van der Waals surface area contributed by atoms with Gasteiger partial charge in [-0.25, -0.2) is 18.8 Å². The molecule has 2 heterocycles. The van der Waals surface area contributed by atoms with Crippen molar-refractivity contribution < 1.29 is 33.1 Å². The Morgan fingerprint density at radius 1 is 1.35 bits per heavy atom. The van der Waals surface area contributed by atoms with Gasteiger partial charge in [-0.05, 0) is 33.6 Å². The minimum atomic E-state index is -1.57. The Kier molecular flexibility index (Phi) is 3.51. The predicted octanol–water partition coefficient (Wildman–Crippen LogP) is 0.655. The minimum absolute atomic E-state index is 0.0423. The van der Waals surface area contributed by atoms with Gasteiger partial charge in [0.05, 0.1) is 5.54 Å². The molecule has 3 atom stereocenters. The van der Waals surface area contributed by atoms with Crippen LogP contribution in [0.25, 0.3) is 0 Å². The molecule has 1 unspecified atom stereocenters. The van der Waals surface area contributed by atoms with Gasteiger partial charge in [0, 0.05) is 12.5 Å². The molecule has 1 aliphatic carbocycles. The first-order valence-corrected chi connectivity index (χ1v) is 7.46. The standard InChI is InChI=1S/C14H19FN2O6/c1-13(2,3)22-12(20)16-14(4-5-14)7-6-17-9(8(7)15)21-10(18)11(19)23-17/h7-9H,4-6H2,1-3H3,(H,16,20)/t7-,8-,9?/m0/s1. The van der Waals surface area contributed by atoms with Crippen LogP contribution >= 0.6 is 0 Å². The number of hydroxylamine groups is 2. The number of alkyl halides is 1. The molecule has 0 radical (unpaired) electrons. The maximum atomic E-state index is 14.6. The van der Waals surface area contributed by atoms with Crippen LogP contribution in [0.5, 0.6) is 0 Å². The van der Waals surface area contributed by atoms with Gasteiger partial charge >= 0.3 is 18.0 Å². The molecule has 3 rings (SSSR count). The molecule has 1 amide bonds. The summed E-state index contributed by atoms with van der Waals surface area (Å²) in [6, 6.07) is 0. The summed E-state index contributed by atoms with van der Waals surface area (Å²) in [4.78, 5) is 39.1. The van der Waals surface area contributed by atoms with E-state index in [9.17, 15) is 18.8 Å². The fourth-order valence-electron chi connectivity index (χ4n) is 2.98. The molecular formula is C14H19FN2O6. The van der Waals surface area contributed by atoms with Crippen molar-refractivity contribution in [3.05, 3.63) is 0 Å². The first-order chi connectivity index (χ1) is 10.6. The van der Waals surface area contributed by atoms with Gasteiger partial charge < -0.3 is 19.6 Å².